The Morgan fingerprint density at radius 1 is 1.00 bits per heavy atom. The number of likely N-dealkylation sites (tertiary alicyclic amines) is 1. The maximum atomic E-state index is 13.6. The fourth-order valence-corrected chi connectivity index (χ4v) is 5.19. The van der Waals surface area contributed by atoms with E-state index in [9.17, 15) is 19.7 Å². The third-order valence-electron chi connectivity index (χ3n) is 7.17. The summed E-state index contributed by atoms with van der Waals surface area (Å²) in [6, 6.07) is 16.3. The van der Waals surface area contributed by atoms with Gasteiger partial charge in [0.2, 0.25) is 0 Å². The van der Waals surface area contributed by atoms with E-state index in [1.54, 1.807) is 26.0 Å². The molecule has 0 amide bonds. The average Bonchev–Trinajstić information content (AvgIpc) is 2.92. The van der Waals surface area contributed by atoms with Crippen LogP contribution in [-0.4, -0.2) is 54.6 Å². The van der Waals surface area contributed by atoms with Gasteiger partial charge in [0.05, 0.1) is 29.1 Å². The third-order valence-corrected chi connectivity index (χ3v) is 7.17. The number of benzene rings is 2. The minimum atomic E-state index is -0.859. The zero-order valence-corrected chi connectivity index (χ0v) is 23.2. The molecule has 1 unspecified atom stereocenters. The number of allylic oxidation sites excluding steroid dienone is 2. The van der Waals surface area contributed by atoms with Gasteiger partial charge < -0.3 is 19.7 Å². The number of hydrogen-bond donors (Lipinski definition) is 1. The van der Waals surface area contributed by atoms with Crippen molar-refractivity contribution in [2.75, 3.05) is 26.7 Å². The van der Waals surface area contributed by atoms with Gasteiger partial charge in [0.15, 0.2) is 0 Å². The fraction of sp³-hybridized carbons (Fsp3) is 0.379. The maximum absolute atomic E-state index is 13.6. The number of halogens is 1. The third kappa shape index (κ3) is 7.04. The lowest BCUT2D eigenvalue weighted by molar-refractivity contribution is -0.384. The van der Waals surface area contributed by atoms with E-state index >= 15 is 0 Å². The largest absolute Gasteiger partial charge is 0.466 e. The number of methoxy groups -OCH3 is 1. The van der Waals surface area contributed by atoms with Crippen LogP contribution in [0.15, 0.2) is 77.1 Å². The Morgan fingerprint density at radius 3 is 2.26 bits per heavy atom. The van der Waals surface area contributed by atoms with Crippen LogP contribution in [0.2, 0.25) is 0 Å². The summed E-state index contributed by atoms with van der Waals surface area (Å²) in [7, 11) is 1.27. The molecule has 1 saturated heterocycles. The minimum absolute atomic E-state index is 0. The van der Waals surface area contributed by atoms with Crippen LogP contribution in [-0.2, 0) is 25.5 Å². The molecule has 0 aliphatic carbocycles. The van der Waals surface area contributed by atoms with Crippen molar-refractivity contribution in [3.8, 4) is 0 Å². The topological polar surface area (TPSA) is 111 Å². The van der Waals surface area contributed by atoms with Crippen molar-refractivity contribution in [2.24, 2.45) is 0 Å². The Balaban J connectivity index is 0.00000420. The molecule has 4 rings (SSSR count). The van der Waals surface area contributed by atoms with Gasteiger partial charge in [-0.25, -0.2) is 9.59 Å². The summed E-state index contributed by atoms with van der Waals surface area (Å²) in [5.41, 5.74) is 3.15. The van der Waals surface area contributed by atoms with Gasteiger partial charge in [0.1, 0.15) is 6.10 Å². The van der Waals surface area contributed by atoms with Crippen LogP contribution in [0.5, 0.6) is 0 Å². The molecule has 0 bridgehead atoms. The van der Waals surface area contributed by atoms with Gasteiger partial charge in [-0.2, -0.15) is 0 Å². The van der Waals surface area contributed by atoms with Crippen LogP contribution < -0.4 is 5.32 Å². The average molecular weight is 556 g/mol. The second-order valence-corrected chi connectivity index (χ2v) is 9.66. The van der Waals surface area contributed by atoms with Crippen LogP contribution in [0.1, 0.15) is 43.7 Å². The number of piperidine rings is 1. The number of nitro groups is 1. The number of nitrogens with zero attached hydrogens (tertiary/aromatic N) is 2. The molecular formula is C29H34ClN3O6. The SMILES string of the molecule is COC(=O)C1=C(C)NC(C)=C(C(=O)OC2CCN(CCc3ccccc3)CC2)C1c1cccc([N+](=O)[O-])c1.Cl. The van der Waals surface area contributed by atoms with Crippen molar-refractivity contribution >= 4 is 30.0 Å². The highest BCUT2D eigenvalue weighted by atomic mass is 35.5. The first-order valence-corrected chi connectivity index (χ1v) is 12.8. The number of carbonyl (C=O) groups is 2. The molecule has 0 saturated carbocycles. The number of esters is 2. The highest BCUT2D eigenvalue weighted by molar-refractivity contribution is 6.00. The van der Waals surface area contributed by atoms with Crippen LogP contribution in [0.4, 0.5) is 5.69 Å². The summed E-state index contributed by atoms with van der Waals surface area (Å²) in [6.45, 7) is 6.04. The number of carbonyl (C=O) groups excluding carboxylic acids is 2. The van der Waals surface area contributed by atoms with Crippen LogP contribution in [0.25, 0.3) is 0 Å². The van der Waals surface area contributed by atoms with Crippen molar-refractivity contribution in [3.63, 3.8) is 0 Å². The lowest BCUT2D eigenvalue weighted by atomic mass is 9.80. The van der Waals surface area contributed by atoms with Gasteiger partial charge in [0.25, 0.3) is 5.69 Å². The van der Waals surface area contributed by atoms with Crippen molar-refractivity contribution in [2.45, 2.75) is 45.1 Å². The van der Waals surface area contributed by atoms with Crippen LogP contribution in [0.3, 0.4) is 0 Å². The van der Waals surface area contributed by atoms with Gasteiger partial charge in [-0.05, 0) is 44.2 Å². The molecule has 10 heteroatoms. The summed E-state index contributed by atoms with van der Waals surface area (Å²) in [5.74, 6) is -2.01. The first-order valence-electron chi connectivity index (χ1n) is 12.8. The van der Waals surface area contributed by atoms with E-state index in [0.717, 1.165) is 26.1 Å². The Bertz CT molecular complexity index is 1270. The molecule has 2 aromatic carbocycles. The number of nitrogens with one attached hydrogen (secondary N) is 1. The van der Waals surface area contributed by atoms with Gasteiger partial charge >= 0.3 is 11.9 Å². The Morgan fingerprint density at radius 2 is 1.64 bits per heavy atom. The number of ether oxygens (including phenoxy) is 2. The highest BCUT2D eigenvalue weighted by Crippen LogP contribution is 2.40. The molecule has 2 heterocycles. The van der Waals surface area contributed by atoms with Crippen molar-refractivity contribution < 1.29 is 24.0 Å². The fourth-order valence-electron chi connectivity index (χ4n) is 5.19. The molecule has 1 fully saturated rings. The molecule has 0 radical (unpaired) electrons. The number of rotatable bonds is 8. The molecular weight excluding hydrogens is 522 g/mol. The van der Waals surface area contributed by atoms with E-state index in [0.29, 0.717) is 29.8 Å². The van der Waals surface area contributed by atoms with E-state index in [1.807, 2.05) is 18.2 Å². The lowest BCUT2D eigenvalue weighted by Crippen LogP contribution is -2.40. The molecule has 2 aliphatic heterocycles. The Kier molecular flexibility index (Phi) is 10.3. The Hall–Kier alpha value is -3.69. The second-order valence-electron chi connectivity index (χ2n) is 9.66. The Labute approximate surface area is 234 Å². The van der Waals surface area contributed by atoms with E-state index in [1.165, 1.54) is 24.8 Å². The van der Waals surface area contributed by atoms with Crippen LogP contribution >= 0.6 is 12.4 Å². The maximum Gasteiger partial charge on any atom is 0.337 e. The van der Waals surface area contributed by atoms with Gasteiger partial charge in [-0.3, -0.25) is 10.1 Å². The minimum Gasteiger partial charge on any atom is -0.466 e. The molecule has 208 valence electrons. The predicted molar refractivity (Wildman–Crippen MR) is 149 cm³/mol. The zero-order chi connectivity index (χ0) is 27.2. The van der Waals surface area contributed by atoms with Crippen molar-refractivity contribution in [1.82, 2.24) is 10.2 Å². The van der Waals surface area contributed by atoms with Gasteiger partial charge in [-0.1, -0.05) is 42.5 Å². The van der Waals surface area contributed by atoms with Crippen LogP contribution in [0, 0.1) is 10.1 Å². The molecule has 1 N–H and O–H groups in total. The lowest BCUT2D eigenvalue weighted by Gasteiger charge is -2.34. The zero-order valence-electron chi connectivity index (χ0n) is 22.3. The first-order chi connectivity index (χ1) is 18.3. The highest BCUT2D eigenvalue weighted by Gasteiger charge is 2.39. The number of hydrogen-bond acceptors (Lipinski definition) is 8. The summed E-state index contributed by atoms with van der Waals surface area (Å²) < 4.78 is 11.0. The standard InChI is InChI=1S/C29H33N3O6.ClH/c1-19-25(28(33)37-3)27(22-10-7-11-23(18-22)32(35)36)26(20(2)30-19)29(34)38-24-13-16-31(17-14-24)15-12-21-8-5-4-6-9-21;/h4-11,18,24,27,30H,12-17H2,1-3H3;1H. The van der Waals surface area contributed by atoms with Gasteiger partial charge in [-0.15, -0.1) is 12.4 Å². The van der Waals surface area contributed by atoms with E-state index < -0.39 is 22.8 Å². The van der Waals surface area contributed by atoms with E-state index in [2.05, 4.69) is 22.3 Å². The molecule has 39 heavy (non-hydrogen) atoms. The molecule has 2 aliphatic rings. The number of dihydropyridines is 1. The first kappa shape index (κ1) is 29.9. The normalized spacial score (nSPS) is 18.2. The van der Waals surface area contributed by atoms with Crippen molar-refractivity contribution in [3.05, 3.63) is 98.4 Å². The number of nitro benzene ring substituents is 1. The molecule has 9 nitrogen and oxygen atoms in total. The summed E-state index contributed by atoms with van der Waals surface area (Å²) >= 11 is 0. The predicted octanol–water partition coefficient (Wildman–Crippen LogP) is 4.67. The molecule has 1 atom stereocenters. The smallest absolute Gasteiger partial charge is 0.337 e. The van der Waals surface area contributed by atoms with Gasteiger partial charge in [0, 0.05) is 43.2 Å². The second kappa shape index (κ2) is 13.4. The quantitative estimate of drug-likeness (QED) is 0.284. The summed E-state index contributed by atoms with van der Waals surface area (Å²) in [6.07, 6.45) is 2.13. The molecule has 0 spiro atoms. The molecule has 2 aromatic rings. The molecule has 0 aromatic heterocycles. The van der Waals surface area contributed by atoms with E-state index in [-0.39, 0.29) is 35.3 Å². The van der Waals surface area contributed by atoms with Crippen molar-refractivity contribution in [1.29, 1.82) is 0 Å². The summed E-state index contributed by atoms with van der Waals surface area (Å²) in [4.78, 5) is 39.7. The monoisotopic (exact) mass is 555 g/mol. The number of non-ortho nitro benzene ring substituents is 1. The summed E-state index contributed by atoms with van der Waals surface area (Å²) in [5, 5.41) is 14.6. The van der Waals surface area contributed by atoms with E-state index in [4.69, 9.17) is 9.47 Å².